The Bertz CT molecular complexity index is 716. The minimum absolute atomic E-state index is 0.106. The molecule has 0 aromatic heterocycles. The monoisotopic (exact) mass is 330 g/mol. The van der Waals surface area contributed by atoms with Gasteiger partial charge in [-0.05, 0) is 36.4 Å². The Balaban J connectivity index is 2.00. The Labute approximate surface area is 140 Å². The van der Waals surface area contributed by atoms with Crippen molar-refractivity contribution in [3.63, 3.8) is 0 Å². The second-order valence-electron chi connectivity index (χ2n) is 5.15. The van der Waals surface area contributed by atoms with Crippen LogP contribution in [0.1, 0.15) is 13.3 Å². The minimum Gasteiger partial charge on any atom is -0.495 e. The number of hydrogen-bond donors (Lipinski definition) is 1. The van der Waals surface area contributed by atoms with Crippen LogP contribution in [-0.2, 0) is 9.59 Å². The summed E-state index contributed by atoms with van der Waals surface area (Å²) in [6, 6.07) is 12.7. The fourth-order valence-corrected chi connectivity index (χ4v) is 2.26. The molecule has 2 aromatic rings. The number of amides is 2. The van der Waals surface area contributed by atoms with Gasteiger partial charge in [-0.15, -0.1) is 0 Å². The van der Waals surface area contributed by atoms with Crippen molar-refractivity contribution < 1.29 is 18.7 Å². The number of hydrogen-bond acceptors (Lipinski definition) is 3. The van der Waals surface area contributed by atoms with E-state index < -0.39 is 0 Å². The van der Waals surface area contributed by atoms with Crippen molar-refractivity contribution in [3.8, 4) is 5.75 Å². The third-order valence-electron chi connectivity index (χ3n) is 3.46. The molecule has 2 rings (SSSR count). The van der Waals surface area contributed by atoms with Crippen LogP contribution in [0, 0.1) is 5.82 Å². The van der Waals surface area contributed by atoms with Gasteiger partial charge in [0.1, 0.15) is 11.6 Å². The Kier molecular flexibility index (Phi) is 5.89. The number of anilines is 2. The standard InChI is InChI=1S/C18H19FN2O3/c1-13(22)21(15-9-7-14(19)8-10-15)12-11-18(23)20-16-5-3-4-6-17(16)24-2/h3-10H,11-12H2,1-2H3,(H,20,23). The van der Waals surface area contributed by atoms with E-state index in [1.165, 1.54) is 43.2 Å². The van der Waals surface area contributed by atoms with Gasteiger partial charge >= 0.3 is 0 Å². The number of ether oxygens (including phenoxy) is 1. The van der Waals surface area contributed by atoms with Gasteiger partial charge in [-0.25, -0.2) is 4.39 Å². The molecule has 0 radical (unpaired) electrons. The number of carbonyl (C=O) groups excluding carboxylic acids is 2. The Morgan fingerprint density at radius 1 is 1.12 bits per heavy atom. The summed E-state index contributed by atoms with van der Waals surface area (Å²) in [5.41, 5.74) is 1.12. The lowest BCUT2D eigenvalue weighted by molar-refractivity contribution is -0.117. The van der Waals surface area contributed by atoms with Crippen LogP contribution in [0.2, 0.25) is 0 Å². The van der Waals surface area contributed by atoms with Gasteiger partial charge in [0.15, 0.2) is 0 Å². The number of nitrogens with zero attached hydrogens (tertiary/aromatic N) is 1. The van der Waals surface area contributed by atoms with Crippen LogP contribution in [0.3, 0.4) is 0 Å². The SMILES string of the molecule is COc1ccccc1NC(=O)CCN(C(C)=O)c1ccc(F)cc1. The van der Waals surface area contributed by atoms with E-state index in [0.717, 1.165) is 0 Å². The first kappa shape index (κ1) is 17.5. The number of benzene rings is 2. The molecule has 0 bridgehead atoms. The Hall–Kier alpha value is -2.89. The number of methoxy groups -OCH3 is 1. The average Bonchev–Trinajstić information content (AvgIpc) is 2.57. The molecule has 0 fully saturated rings. The zero-order chi connectivity index (χ0) is 17.5. The highest BCUT2D eigenvalue weighted by atomic mass is 19.1. The maximum atomic E-state index is 13.0. The quantitative estimate of drug-likeness (QED) is 0.885. The third-order valence-corrected chi connectivity index (χ3v) is 3.46. The molecule has 24 heavy (non-hydrogen) atoms. The highest BCUT2D eigenvalue weighted by molar-refractivity contribution is 5.95. The highest BCUT2D eigenvalue weighted by Gasteiger charge is 2.14. The van der Waals surface area contributed by atoms with Crippen molar-refractivity contribution in [2.24, 2.45) is 0 Å². The van der Waals surface area contributed by atoms with Gasteiger partial charge in [0, 0.05) is 25.6 Å². The van der Waals surface area contributed by atoms with Crippen molar-refractivity contribution in [1.29, 1.82) is 0 Å². The molecule has 0 heterocycles. The molecule has 6 heteroatoms. The molecule has 5 nitrogen and oxygen atoms in total. The fraction of sp³-hybridized carbons (Fsp3) is 0.222. The van der Waals surface area contributed by atoms with Crippen LogP contribution in [-0.4, -0.2) is 25.5 Å². The van der Waals surface area contributed by atoms with E-state index in [2.05, 4.69) is 5.32 Å². The summed E-state index contributed by atoms with van der Waals surface area (Å²) in [6.07, 6.45) is 0.106. The van der Waals surface area contributed by atoms with Gasteiger partial charge in [0.25, 0.3) is 0 Å². The van der Waals surface area contributed by atoms with Crippen molar-refractivity contribution >= 4 is 23.2 Å². The summed E-state index contributed by atoms with van der Waals surface area (Å²) in [7, 11) is 1.52. The lowest BCUT2D eigenvalue weighted by Gasteiger charge is -2.21. The number of rotatable bonds is 6. The molecular weight excluding hydrogens is 311 g/mol. The van der Waals surface area contributed by atoms with Crippen LogP contribution >= 0.6 is 0 Å². The summed E-state index contributed by atoms with van der Waals surface area (Å²) in [6.45, 7) is 1.60. The Morgan fingerprint density at radius 3 is 2.42 bits per heavy atom. The second-order valence-corrected chi connectivity index (χ2v) is 5.15. The first-order valence-corrected chi connectivity index (χ1v) is 7.48. The summed E-state index contributed by atoms with van der Waals surface area (Å²) < 4.78 is 18.2. The van der Waals surface area contributed by atoms with Crippen LogP contribution in [0.25, 0.3) is 0 Å². The molecule has 0 aliphatic rings. The van der Waals surface area contributed by atoms with E-state index in [4.69, 9.17) is 4.74 Å². The van der Waals surface area contributed by atoms with Gasteiger partial charge in [0.2, 0.25) is 11.8 Å². The lowest BCUT2D eigenvalue weighted by Crippen LogP contribution is -2.32. The highest BCUT2D eigenvalue weighted by Crippen LogP contribution is 2.23. The molecule has 0 aliphatic heterocycles. The number of para-hydroxylation sites is 2. The van der Waals surface area contributed by atoms with Gasteiger partial charge in [0.05, 0.1) is 12.8 Å². The topological polar surface area (TPSA) is 58.6 Å². The summed E-state index contributed by atoms with van der Waals surface area (Å²) in [4.78, 5) is 25.3. The van der Waals surface area contributed by atoms with Gasteiger partial charge in [-0.3, -0.25) is 9.59 Å². The van der Waals surface area contributed by atoms with Crippen LogP contribution in [0.15, 0.2) is 48.5 Å². The van der Waals surface area contributed by atoms with Crippen molar-refractivity contribution in [3.05, 3.63) is 54.3 Å². The van der Waals surface area contributed by atoms with E-state index in [9.17, 15) is 14.0 Å². The molecule has 0 atom stereocenters. The number of halogens is 1. The van der Waals surface area contributed by atoms with Crippen molar-refractivity contribution in [2.75, 3.05) is 23.9 Å². The molecule has 0 aliphatic carbocycles. The fourth-order valence-electron chi connectivity index (χ4n) is 2.26. The van der Waals surface area contributed by atoms with Crippen LogP contribution in [0.4, 0.5) is 15.8 Å². The van der Waals surface area contributed by atoms with E-state index in [1.807, 2.05) is 0 Å². The molecule has 0 saturated carbocycles. The smallest absolute Gasteiger partial charge is 0.226 e. The van der Waals surface area contributed by atoms with Crippen LogP contribution in [0.5, 0.6) is 5.75 Å². The maximum absolute atomic E-state index is 13.0. The zero-order valence-corrected chi connectivity index (χ0v) is 13.6. The average molecular weight is 330 g/mol. The molecule has 2 amide bonds. The summed E-state index contributed by atoms with van der Waals surface area (Å²) in [5.74, 6) is -0.275. The van der Waals surface area contributed by atoms with E-state index in [1.54, 1.807) is 24.3 Å². The molecule has 1 N–H and O–H groups in total. The van der Waals surface area contributed by atoms with Gasteiger partial charge in [-0.1, -0.05) is 12.1 Å². The number of carbonyl (C=O) groups is 2. The van der Waals surface area contributed by atoms with E-state index >= 15 is 0 Å². The first-order chi connectivity index (χ1) is 11.5. The second kappa shape index (κ2) is 8.10. The normalized spacial score (nSPS) is 10.1. The zero-order valence-electron chi connectivity index (χ0n) is 13.6. The molecule has 0 unspecified atom stereocenters. The molecular formula is C18H19FN2O3. The Morgan fingerprint density at radius 2 is 1.79 bits per heavy atom. The van der Waals surface area contributed by atoms with E-state index in [0.29, 0.717) is 17.1 Å². The molecule has 0 saturated heterocycles. The predicted molar refractivity (Wildman–Crippen MR) is 90.7 cm³/mol. The summed E-state index contributed by atoms with van der Waals surface area (Å²) >= 11 is 0. The van der Waals surface area contributed by atoms with Crippen molar-refractivity contribution in [1.82, 2.24) is 0 Å². The molecule has 0 spiro atoms. The van der Waals surface area contributed by atoms with Gasteiger partial charge in [-0.2, -0.15) is 0 Å². The summed E-state index contributed by atoms with van der Waals surface area (Å²) in [5, 5.41) is 2.75. The predicted octanol–water partition coefficient (Wildman–Crippen LogP) is 3.22. The minimum atomic E-state index is -0.379. The van der Waals surface area contributed by atoms with Gasteiger partial charge < -0.3 is 15.0 Å². The van der Waals surface area contributed by atoms with E-state index in [-0.39, 0.29) is 30.6 Å². The lowest BCUT2D eigenvalue weighted by atomic mass is 10.2. The molecule has 126 valence electrons. The number of nitrogens with one attached hydrogen (secondary N) is 1. The maximum Gasteiger partial charge on any atom is 0.226 e. The van der Waals surface area contributed by atoms with Crippen molar-refractivity contribution in [2.45, 2.75) is 13.3 Å². The third kappa shape index (κ3) is 4.55. The van der Waals surface area contributed by atoms with Crippen LogP contribution < -0.4 is 15.0 Å². The largest absolute Gasteiger partial charge is 0.495 e. The first-order valence-electron chi connectivity index (χ1n) is 7.48. The molecule has 2 aromatic carbocycles.